The maximum Gasteiger partial charge on any atom is 0.261 e. The molecule has 6 heterocycles. The van der Waals surface area contributed by atoms with Crippen LogP contribution >= 0.6 is 0 Å². The first kappa shape index (κ1) is 33.0. The number of fused-ring (bicyclic) bond motifs is 2. The van der Waals surface area contributed by atoms with Crippen molar-refractivity contribution in [1.82, 2.24) is 29.5 Å². The molecule has 0 saturated carbocycles. The Labute approximate surface area is 295 Å². The number of rotatable bonds is 8. The van der Waals surface area contributed by atoms with Gasteiger partial charge in [-0.15, -0.1) is 0 Å². The summed E-state index contributed by atoms with van der Waals surface area (Å²) in [7, 11) is 5.11. The number of imide groups is 1. The highest BCUT2D eigenvalue weighted by Crippen LogP contribution is 2.45. The summed E-state index contributed by atoms with van der Waals surface area (Å²) < 4.78 is 15.3. The molecule has 1 atom stereocenters. The zero-order valence-electron chi connectivity index (χ0n) is 29.5. The zero-order valence-corrected chi connectivity index (χ0v) is 29.5. The summed E-state index contributed by atoms with van der Waals surface area (Å²) in [6.07, 6.45) is 6.37. The molecular weight excluding hydrogens is 650 g/mol. The van der Waals surface area contributed by atoms with Gasteiger partial charge in [-0.3, -0.25) is 34.1 Å². The van der Waals surface area contributed by atoms with Crippen molar-refractivity contribution in [3.05, 3.63) is 69.8 Å². The Morgan fingerprint density at radius 3 is 2.35 bits per heavy atom. The number of carbonyl (C=O) groups is 3. The van der Waals surface area contributed by atoms with E-state index in [1.54, 1.807) is 41.6 Å². The molecule has 3 saturated heterocycles. The van der Waals surface area contributed by atoms with Crippen LogP contribution in [0.25, 0.3) is 22.0 Å². The second kappa shape index (κ2) is 12.6. The van der Waals surface area contributed by atoms with E-state index in [2.05, 4.69) is 21.2 Å². The lowest BCUT2D eigenvalue weighted by molar-refractivity contribution is -0.136. The van der Waals surface area contributed by atoms with Gasteiger partial charge in [0.15, 0.2) is 0 Å². The third-order valence-corrected chi connectivity index (χ3v) is 11.4. The molecule has 0 aliphatic carbocycles. The molecule has 0 bridgehead atoms. The minimum Gasteiger partial charge on any atom is -0.496 e. The molecule has 2 aromatic heterocycles. The van der Waals surface area contributed by atoms with Crippen LogP contribution in [0.5, 0.6) is 11.5 Å². The zero-order chi connectivity index (χ0) is 35.6. The fourth-order valence-corrected chi connectivity index (χ4v) is 8.36. The Morgan fingerprint density at radius 2 is 1.69 bits per heavy atom. The van der Waals surface area contributed by atoms with Gasteiger partial charge in [0.2, 0.25) is 11.8 Å². The maximum atomic E-state index is 13.4. The van der Waals surface area contributed by atoms with E-state index in [0.717, 1.165) is 78.5 Å². The Kier molecular flexibility index (Phi) is 8.12. The van der Waals surface area contributed by atoms with E-state index in [0.29, 0.717) is 42.5 Å². The number of hydrogen-bond acceptors (Lipinski definition) is 9. The number of nitrogens with one attached hydrogen (secondary N) is 1. The average Bonchev–Trinajstić information content (AvgIpc) is 3.70. The Morgan fingerprint density at radius 1 is 0.961 bits per heavy atom. The largest absolute Gasteiger partial charge is 0.496 e. The van der Waals surface area contributed by atoms with Crippen LogP contribution in [0.3, 0.4) is 0 Å². The SMILES string of the molecule is CCn1cc2c(=O)n(C)cc(-c3cc(OC)c(CN4CCC5(CC4)CN(c4ccc6c(c4)C(=O)N(C4CCC(=O)NC4=O)C6)C5)c(OC)c3)c2n1. The van der Waals surface area contributed by atoms with Crippen LogP contribution < -0.4 is 25.2 Å². The van der Waals surface area contributed by atoms with E-state index in [4.69, 9.17) is 14.6 Å². The molecule has 4 aromatic rings. The lowest BCUT2D eigenvalue weighted by Gasteiger charge is -2.55. The first-order valence-electron chi connectivity index (χ1n) is 17.7. The van der Waals surface area contributed by atoms with Crippen LogP contribution in [-0.4, -0.2) is 88.3 Å². The number of anilines is 1. The summed E-state index contributed by atoms with van der Waals surface area (Å²) in [4.78, 5) is 56.7. The van der Waals surface area contributed by atoms with E-state index in [1.807, 2.05) is 37.4 Å². The minimum absolute atomic E-state index is 0.0813. The van der Waals surface area contributed by atoms with Crippen molar-refractivity contribution >= 4 is 34.3 Å². The summed E-state index contributed by atoms with van der Waals surface area (Å²) in [5, 5.41) is 7.66. The topological polar surface area (TPSA) is 131 Å². The number of aryl methyl sites for hydroxylation is 2. The Hall–Kier alpha value is -5.17. The predicted molar refractivity (Wildman–Crippen MR) is 191 cm³/mol. The number of aromatic nitrogens is 3. The number of amides is 3. The monoisotopic (exact) mass is 693 g/mol. The molecule has 266 valence electrons. The van der Waals surface area contributed by atoms with Crippen LogP contribution in [0.15, 0.2) is 47.5 Å². The maximum absolute atomic E-state index is 13.4. The average molecular weight is 694 g/mol. The number of carbonyl (C=O) groups excluding carboxylic acids is 3. The van der Waals surface area contributed by atoms with Crippen molar-refractivity contribution in [2.75, 3.05) is 45.3 Å². The first-order chi connectivity index (χ1) is 24.6. The van der Waals surface area contributed by atoms with E-state index in [-0.39, 0.29) is 35.1 Å². The highest BCUT2D eigenvalue weighted by atomic mass is 16.5. The molecule has 1 unspecified atom stereocenters. The van der Waals surface area contributed by atoms with Crippen molar-refractivity contribution in [2.45, 2.75) is 58.3 Å². The molecule has 4 aliphatic rings. The summed E-state index contributed by atoms with van der Waals surface area (Å²) in [6.45, 7) is 7.51. The second-order valence-corrected chi connectivity index (χ2v) is 14.4. The van der Waals surface area contributed by atoms with Crippen LogP contribution in [0.2, 0.25) is 0 Å². The van der Waals surface area contributed by atoms with Crippen LogP contribution in [0.1, 0.15) is 54.1 Å². The van der Waals surface area contributed by atoms with E-state index in [1.165, 1.54) is 0 Å². The fourth-order valence-electron chi connectivity index (χ4n) is 8.36. The van der Waals surface area contributed by atoms with Gasteiger partial charge >= 0.3 is 0 Å². The Bertz CT molecular complexity index is 2110. The second-order valence-electron chi connectivity index (χ2n) is 14.4. The van der Waals surface area contributed by atoms with E-state index in [9.17, 15) is 19.2 Å². The molecule has 3 fully saturated rings. The van der Waals surface area contributed by atoms with Gasteiger partial charge in [0, 0.05) is 80.8 Å². The number of likely N-dealkylation sites (tertiary alicyclic amines) is 1. The van der Waals surface area contributed by atoms with Gasteiger partial charge in [-0.05, 0) is 74.7 Å². The van der Waals surface area contributed by atoms with Gasteiger partial charge in [0.05, 0.1) is 25.2 Å². The van der Waals surface area contributed by atoms with Crippen LogP contribution in [-0.2, 0) is 36.3 Å². The molecule has 13 heteroatoms. The standard InChI is InChI=1S/C38H43N7O6/c1-5-44-20-29-34(40-44)27(18-41(2)36(29)48)24-14-31(50-3)28(32(15-24)51-4)19-42-12-10-38(11-13-42)21-43(22-38)25-7-6-23-17-45(37(49)26(23)16-25)30-8-9-33(46)39-35(30)47/h6-7,14-16,18,20,30H,5,8-13,17,19,21-22H2,1-4H3,(H,39,46,47). The highest BCUT2D eigenvalue weighted by molar-refractivity contribution is 6.05. The molecular formula is C38H43N7O6. The molecule has 1 N–H and O–H groups in total. The first-order valence-corrected chi connectivity index (χ1v) is 17.7. The number of piperidine rings is 2. The predicted octanol–water partition coefficient (Wildman–Crippen LogP) is 3.30. The molecule has 1 spiro atoms. The summed E-state index contributed by atoms with van der Waals surface area (Å²) in [5.74, 6) is 0.659. The molecule has 13 nitrogen and oxygen atoms in total. The van der Waals surface area contributed by atoms with Crippen LogP contribution in [0.4, 0.5) is 5.69 Å². The molecule has 0 radical (unpaired) electrons. The minimum atomic E-state index is -0.607. The summed E-state index contributed by atoms with van der Waals surface area (Å²) >= 11 is 0. The van der Waals surface area contributed by atoms with Gasteiger partial charge in [0.1, 0.15) is 23.1 Å². The van der Waals surface area contributed by atoms with Crippen molar-refractivity contribution < 1.29 is 23.9 Å². The van der Waals surface area contributed by atoms with Gasteiger partial charge in [-0.2, -0.15) is 5.10 Å². The number of ether oxygens (including phenoxy) is 2. The third kappa shape index (κ3) is 5.63. The number of methoxy groups -OCH3 is 2. The van der Waals surface area contributed by atoms with Crippen molar-refractivity contribution in [2.24, 2.45) is 12.5 Å². The van der Waals surface area contributed by atoms with Gasteiger partial charge < -0.3 is 23.8 Å². The lowest BCUT2D eigenvalue weighted by Crippen LogP contribution is -2.60. The number of hydrogen-bond donors (Lipinski definition) is 1. The summed E-state index contributed by atoms with van der Waals surface area (Å²) in [6, 6.07) is 9.49. The van der Waals surface area contributed by atoms with Crippen molar-refractivity contribution in [3.63, 3.8) is 0 Å². The third-order valence-electron chi connectivity index (χ3n) is 11.4. The van der Waals surface area contributed by atoms with E-state index < -0.39 is 6.04 Å². The Balaban J connectivity index is 0.933. The molecule has 3 amide bonds. The number of nitrogens with zero attached hydrogens (tertiary/aromatic N) is 6. The molecule has 2 aromatic carbocycles. The summed E-state index contributed by atoms with van der Waals surface area (Å²) in [5.41, 5.74) is 6.12. The van der Waals surface area contributed by atoms with E-state index >= 15 is 0 Å². The van der Waals surface area contributed by atoms with Gasteiger partial charge in [-0.25, -0.2) is 0 Å². The van der Waals surface area contributed by atoms with Gasteiger partial charge in [-0.1, -0.05) is 6.07 Å². The van der Waals surface area contributed by atoms with Crippen molar-refractivity contribution in [3.8, 4) is 22.6 Å². The molecule has 51 heavy (non-hydrogen) atoms. The lowest BCUT2D eigenvalue weighted by atomic mass is 9.71. The molecule has 4 aliphatic heterocycles. The highest BCUT2D eigenvalue weighted by Gasteiger charge is 2.46. The van der Waals surface area contributed by atoms with Crippen LogP contribution in [0, 0.1) is 5.41 Å². The number of pyridine rings is 1. The fraction of sp³-hybridized carbons (Fsp3) is 0.447. The normalized spacial score (nSPS) is 20.2. The molecule has 8 rings (SSSR count). The van der Waals surface area contributed by atoms with Gasteiger partial charge in [0.25, 0.3) is 11.5 Å². The quantitative estimate of drug-likeness (QED) is 0.276. The number of benzene rings is 2. The van der Waals surface area contributed by atoms with Crippen molar-refractivity contribution in [1.29, 1.82) is 0 Å². The smallest absolute Gasteiger partial charge is 0.261 e.